The van der Waals surface area contributed by atoms with Crippen LogP contribution in [0.5, 0.6) is 0 Å². The van der Waals surface area contributed by atoms with Gasteiger partial charge in [-0.05, 0) is 71.3 Å². The van der Waals surface area contributed by atoms with Crippen molar-refractivity contribution in [3.8, 4) is 45.2 Å². The smallest absolute Gasteiger partial charge is 0.328 e. The van der Waals surface area contributed by atoms with Gasteiger partial charge in [0.2, 0.25) is 0 Å². The first kappa shape index (κ1) is 29.4. The lowest BCUT2D eigenvalue weighted by Gasteiger charge is -2.06. The van der Waals surface area contributed by atoms with Crippen molar-refractivity contribution in [3.05, 3.63) is 156 Å². The third kappa shape index (κ3) is 5.78. The average molecular weight is 633 g/mol. The number of carboxylic acid groups (broad SMARTS) is 1. The Labute approximate surface area is 282 Å². The van der Waals surface area contributed by atoms with Gasteiger partial charge in [-0.25, -0.2) is 14.8 Å². The number of nitrogens with zero attached hydrogens (tertiary/aromatic N) is 2. The highest BCUT2D eigenvalue weighted by molar-refractivity contribution is 5.98. The van der Waals surface area contributed by atoms with Crippen molar-refractivity contribution in [2.75, 3.05) is 0 Å². The number of nitrogens with one attached hydrogen (secondary N) is 2. The van der Waals surface area contributed by atoms with E-state index in [0.29, 0.717) is 11.3 Å². The second-order valence-corrected chi connectivity index (χ2v) is 11.5. The molecule has 5 heterocycles. The van der Waals surface area contributed by atoms with Crippen LogP contribution < -0.4 is 0 Å². The number of aliphatic carboxylic acids is 1. The molecule has 3 aromatic heterocycles. The van der Waals surface area contributed by atoms with Gasteiger partial charge in [0, 0.05) is 39.3 Å². The molecule has 6 nitrogen and oxygen atoms in total. The standard InChI is InChI=1S/C43H28N4O2/c48-40(49)19-11-10-18-31-32-20-22-34(44-32)41(28-12-4-1-5-13-28)36-24-26-38(46-36)43(30-16-8-3-9-17-30)39-27-25-37(47-39)42(29-14-6-2-7-15-29)35-23-21-33(31)45-35/h1-9,11-17,19-27,44,47H,(H,48,49)/b19-11+,32-31?,33-31?,41-34?,41-36?,42-35?,42-37?,43-38?,43-39?. The maximum atomic E-state index is 11.2. The number of hydrogen-bond donors (Lipinski definition) is 3. The first-order chi connectivity index (χ1) is 24.1. The predicted octanol–water partition coefficient (Wildman–Crippen LogP) is 9.65. The minimum Gasteiger partial charge on any atom is -0.478 e. The van der Waals surface area contributed by atoms with Crippen LogP contribution in [0.15, 0.2) is 127 Å². The van der Waals surface area contributed by atoms with Crippen LogP contribution in [0.4, 0.5) is 0 Å². The molecule has 0 fully saturated rings. The van der Waals surface area contributed by atoms with Crippen molar-refractivity contribution < 1.29 is 9.90 Å². The van der Waals surface area contributed by atoms with Gasteiger partial charge in [0.1, 0.15) is 0 Å². The normalized spacial score (nSPS) is 11.8. The average Bonchev–Trinajstić information content (AvgIpc) is 3.97. The van der Waals surface area contributed by atoms with E-state index in [1.807, 2.05) is 78.9 Å². The highest BCUT2D eigenvalue weighted by Crippen LogP contribution is 2.36. The van der Waals surface area contributed by atoms with Crippen LogP contribution in [0.1, 0.15) is 28.3 Å². The van der Waals surface area contributed by atoms with Crippen molar-refractivity contribution in [2.24, 2.45) is 0 Å². The number of fused-ring (bicyclic) bond motifs is 8. The van der Waals surface area contributed by atoms with Gasteiger partial charge in [0.05, 0.1) is 33.9 Å². The van der Waals surface area contributed by atoms with E-state index < -0.39 is 5.97 Å². The summed E-state index contributed by atoms with van der Waals surface area (Å²) in [5, 5.41) is 9.15. The lowest BCUT2D eigenvalue weighted by Crippen LogP contribution is -1.89. The van der Waals surface area contributed by atoms with Crippen LogP contribution in [0.25, 0.3) is 79.8 Å². The molecule has 3 N–H and O–H groups in total. The summed E-state index contributed by atoms with van der Waals surface area (Å²) in [5.74, 6) is 5.02. The Balaban J connectivity index is 1.55. The Morgan fingerprint density at radius 2 is 0.918 bits per heavy atom. The summed E-state index contributed by atoms with van der Waals surface area (Å²) >= 11 is 0. The molecule has 8 bridgehead atoms. The van der Waals surface area contributed by atoms with Crippen LogP contribution in [0.2, 0.25) is 0 Å². The fourth-order valence-corrected chi connectivity index (χ4v) is 6.29. The number of carboxylic acids is 1. The highest BCUT2D eigenvalue weighted by Gasteiger charge is 2.17. The van der Waals surface area contributed by atoms with Gasteiger partial charge in [-0.15, -0.1) is 0 Å². The summed E-state index contributed by atoms with van der Waals surface area (Å²) in [4.78, 5) is 28.9. The van der Waals surface area contributed by atoms with E-state index in [2.05, 4.69) is 82.5 Å². The van der Waals surface area contributed by atoms with Crippen LogP contribution >= 0.6 is 0 Å². The molecule has 0 radical (unpaired) electrons. The molecule has 3 aromatic carbocycles. The van der Waals surface area contributed by atoms with Crippen molar-refractivity contribution in [1.29, 1.82) is 0 Å². The maximum Gasteiger partial charge on any atom is 0.328 e. The Bertz CT molecular complexity index is 2530. The number of benzene rings is 3. The van der Waals surface area contributed by atoms with Gasteiger partial charge < -0.3 is 15.1 Å². The fourth-order valence-electron chi connectivity index (χ4n) is 6.29. The summed E-state index contributed by atoms with van der Waals surface area (Å²) in [5.41, 5.74) is 13.2. The van der Waals surface area contributed by atoms with Crippen LogP contribution in [-0.4, -0.2) is 31.0 Å². The molecule has 2 aliphatic rings. The molecule has 2 aliphatic heterocycles. The largest absolute Gasteiger partial charge is 0.478 e. The molecule has 49 heavy (non-hydrogen) atoms. The number of allylic oxidation sites excluding steroid dienone is 1. The van der Waals surface area contributed by atoms with E-state index in [1.54, 1.807) is 0 Å². The Morgan fingerprint density at radius 3 is 1.37 bits per heavy atom. The second kappa shape index (κ2) is 12.7. The molecule has 0 atom stereocenters. The monoisotopic (exact) mass is 632 g/mol. The van der Waals surface area contributed by atoms with Crippen LogP contribution in [-0.2, 0) is 4.79 Å². The second-order valence-electron chi connectivity index (χ2n) is 11.5. The summed E-state index contributed by atoms with van der Waals surface area (Å²) in [6.45, 7) is 0. The van der Waals surface area contributed by atoms with E-state index in [-0.39, 0.29) is 0 Å². The molecule has 232 valence electrons. The third-order valence-electron chi connectivity index (χ3n) is 8.45. The zero-order valence-electron chi connectivity index (χ0n) is 26.2. The van der Waals surface area contributed by atoms with Gasteiger partial charge in [-0.2, -0.15) is 0 Å². The van der Waals surface area contributed by atoms with E-state index in [1.165, 1.54) is 6.08 Å². The van der Waals surface area contributed by atoms with Gasteiger partial charge in [-0.1, -0.05) is 103 Å². The highest BCUT2D eigenvalue weighted by atomic mass is 16.4. The van der Waals surface area contributed by atoms with Crippen LogP contribution in [0.3, 0.4) is 0 Å². The zero-order valence-corrected chi connectivity index (χ0v) is 26.2. The quantitative estimate of drug-likeness (QED) is 0.133. The first-order valence-corrected chi connectivity index (χ1v) is 15.9. The molecule has 8 rings (SSSR count). The molecule has 0 aliphatic carbocycles. The van der Waals surface area contributed by atoms with Gasteiger partial charge in [-0.3, -0.25) is 0 Å². The van der Waals surface area contributed by atoms with Crippen molar-refractivity contribution in [2.45, 2.75) is 0 Å². The Kier molecular flexibility index (Phi) is 7.61. The maximum absolute atomic E-state index is 11.2. The molecule has 0 saturated carbocycles. The molecule has 0 amide bonds. The SMILES string of the molecule is O=C(O)/C=C/C#Cc1c2nc(c(-c3ccccc3)c3ccc([nH]3)c(-c3ccccc3)c3nc(c(-c4ccccc4)c4ccc1[nH]4)C=C3)C=C2. The molecular weight excluding hydrogens is 604 g/mol. The topological polar surface area (TPSA) is 94.7 Å². The van der Waals surface area contributed by atoms with E-state index >= 15 is 0 Å². The van der Waals surface area contributed by atoms with Crippen molar-refractivity contribution in [3.63, 3.8) is 0 Å². The van der Waals surface area contributed by atoms with E-state index in [0.717, 1.165) is 78.6 Å². The van der Waals surface area contributed by atoms with Gasteiger partial charge in [0.15, 0.2) is 0 Å². The lowest BCUT2D eigenvalue weighted by molar-refractivity contribution is -0.131. The number of aromatic amines is 2. The summed E-state index contributed by atoms with van der Waals surface area (Å²) in [6.07, 6.45) is 10.5. The number of rotatable bonds is 4. The number of H-pyrrole nitrogens is 2. The number of carbonyl (C=O) groups is 1. The zero-order chi connectivity index (χ0) is 33.2. The van der Waals surface area contributed by atoms with E-state index in [9.17, 15) is 4.79 Å². The molecule has 6 aromatic rings. The number of aromatic nitrogens is 4. The van der Waals surface area contributed by atoms with Crippen LogP contribution in [0, 0.1) is 11.8 Å². The van der Waals surface area contributed by atoms with Crippen molar-refractivity contribution >= 4 is 52.3 Å². The Morgan fingerprint density at radius 1 is 0.531 bits per heavy atom. The summed E-state index contributed by atoms with van der Waals surface area (Å²) in [6, 6.07) is 38.9. The number of hydrogen-bond acceptors (Lipinski definition) is 3. The molecule has 0 spiro atoms. The first-order valence-electron chi connectivity index (χ1n) is 15.9. The predicted molar refractivity (Wildman–Crippen MR) is 199 cm³/mol. The Hall–Kier alpha value is -6.97. The van der Waals surface area contributed by atoms with Gasteiger partial charge >= 0.3 is 5.97 Å². The van der Waals surface area contributed by atoms with Gasteiger partial charge in [0.25, 0.3) is 0 Å². The van der Waals surface area contributed by atoms with Crippen molar-refractivity contribution in [1.82, 2.24) is 19.9 Å². The third-order valence-corrected chi connectivity index (χ3v) is 8.45. The molecule has 0 unspecified atom stereocenters. The lowest BCUT2D eigenvalue weighted by atomic mass is 10.0. The summed E-state index contributed by atoms with van der Waals surface area (Å²) in [7, 11) is 0. The fraction of sp³-hybridized carbons (Fsp3) is 0. The molecular formula is C43H28N4O2. The minimum absolute atomic E-state index is 0.641. The summed E-state index contributed by atoms with van der Waals surface area (Å²) < 4.78 is 0. The molecule has 0 saturated heterocycles. The van der Waals surface area contributed by atoms with E-state index in [4.69, 9.17) is 15.1 Å². The molecule has 6 heteroatoms. The minimum atomic E-state index is -1.06.